The molecule has 5 nitrogen and oxygen atoms in total. The first-order valence-corrected chi connectivity index (χ1v) is 7.65. The molecule has 1 N–H and O–H groups in total. The molecule has 0 aliphatic carbocycles. The highest BCUT2D eigenvalue weighted by molar-refractivity contribution is 8.02. The Morgan fingerprint density at radius 1 is 1.26 bits per heavy atom. The van der Waals surface area contributed by atoms with Gasteiger partial charge in [0.15, 0.2) is 0 Å². The second-order valence-corrected chi connectivity index (χ2v) is 6.07. The van der Waals surface area contributed by atoms with Crippen molar-refractivity contribution in [3.05, 3.63) is 35.4 Å². The summed E-state index contributed by atoms with van der Waals surface area (Å²) in [7, 11) is -4.20. The van der Waals surface area contributed by atoms with Crippen molar-refractivity contribution in [1.82, 2.24) is 5.32 Å². The molecule has 1 heterocycles. The number of piperidine rings is 1. The molecular formula is C13H17NO4S. The van der Waals surface area contributed by atoms with Gasteiger partial charge in [-0.3, -0.25) is 8.98 Å². The van der Waals surface area contributed by atoms with Gasteiger partial charge in [-0.2, -0.15) is 8.42 Å². The van der Waals surface area contributed by atoms with Crippen LogP contribution in [0.25, 0.3) is 0 Å². The highest BCUT2D eigenvalue weighted by atomic mass is 32.2. The molecule has 1 aromatic carbocycles. The lowest BCUT2D eigenvalue weighted by molar-refractivity contribution is 0.102. The Morgan fingerprint density at radius 3 is 2.53 bits per heavy atom. The van der Waals surface area contributed by atoms with E-state index in [1.54, 1.807) is 25.1 Å². The standard InChI is InChI=1S/C13H17NO4S/c1-10-4-2-3-5-12(10)13(15)19(16,17)18-11-6-8-14-9-7-11/h2-5,11,14H,6-9H2,1H3. The van der Waals surface area contributed by atoms with Gasteiger partial charge in [-0.15, -0.1) is 0 Å². The van der Waals surface area contributed by atoms with Crippen molar-refractivity contribution in [3.8, 4) is 0 Å². The second-order valence-electron chi connectivity index (χ2n) is 4.60. The molecule has 1 saturated heterocycles. The molecule has 0 bridgehead atoms. The lowest BCUT2D eigenvalue weighted by Crippen LogP contribution is -2.35. The van der Waals surface area contributed by atoms with E-state index >= 15 is 0 Å². The number of rotatable bonds is 3. The van der Waals surface area contributed by atoms with Crippen molar-refractivity contribution in [3.63, 3.8) is 0 Å². The van der Waals surface area contributed by atoms with E-state index < -0.39 is 21.3 Å². The Kier molecular flexibility index (Phi) is 4.34. The molecule has 0 saturated carbocycles. The molecule has 19 heavy (non-hydrogen) atoms. The molecule has 0 unspecified atom stereocenters. The number of hydrogen-bond donors (Lipinski definition) is 1. The molecule has 0 amide bonds. The summed E-state index contributed by atoms with van der Waals surface area (Å²) in [4.78, 5) is 12.0. The van der Waals surface area contributed by atoms with Gasteiger partial charge < -0.3 is 5.32 Å². The summed E-state index contributed by atoms with van der Waals surface area (Å²) in [6.45, 7) is 3.12. The van der Waals surface area contributed by atoms with Crippen LogP contribution in [0.15, 0.2) is 24.3 Å². The summed E-state index contributed by atoms with van der Waals surface area (Å²) < 4.78 is 29.0. The van der Waals surface area contributed by atoms with Gasteiger partial charge in [0, 0.05) is 5.56 Å². The molecule has 0 atom stereocenters. The van der Waals surface area contributed by atoms with Gasteiger partial charge in [0.25, 0.3) is 0 Å². The van der Waals surface area contributed by atoms with E-state index in [4.69, 9.17) is 4.18 Å². The third-order valence-electron chi connectivity index (χ3n) is 3.14. The number of benzene rings is 1. The van der Waals surface area contributed by atoms with Crippen LogP contribution in [0.2, 0.25) is 0 Å². The molecule has 1 aliphatic heterocycles. The first kappa shape index (κ1) is 14.2. The van der Waals surface area contributed by atoms with E-state index in [-0.39, 0.29) is 5.56 Å². The maximum absolute atomic E-state index is 12.0. The highest BCUT2D eigenvalue weighted by Crippen LogP contribution is 2.17. The average molecular weight is 283 g/mol. The minimum atomic E-state index is -4.20. The van der Waals surface area contributed by atoms with Gasteiger partial charge >= 0.3 is 15.2 Å². The largest absolute Gasteiger partial charge is 0.336 e. The summed E-state index contributed by atoms with van der Waals surface area (Å²) in [6.07, 6.45) is 0.792. The number of nitrogens with one attached hydrogen (secondary N) is 1. The highest BCUT2D eigenvalue weighted by Gasteiger charge is 2.30. The summed E-state index contributed by atoms with van der Waals surface area (Å²) in [5, 5.41) is 2.16. The molecule has 1 aromatic rings. The number of carbonyl (C=O) groups is 1. The van der Waals surface area contributed by atoms with E-state index in [0.717, 1.165) is 0 Å². The second kappa shape index (κ2) is 5.81. The van der Waals surface area contributed by atoms with Gasteiger partial charge in [0.05, 0.1) is 6.10 Å². The van der Waals surface area contributed by atoms with Gasteiger partial charge in [-0.05, 0) is 44.5 Å². The molecule has 1 fully saturated rings. The Labute approximate surface area is 113 Å². The first-order chi connectivity index (χ1) is 9.00. The Hall–Kier alpha value is -1.24. The van der Waals surface area contributed by atoms with Crippen LogP contribution < -0.4 is 5.32 Å². The predicted octanol–water partition coefficient (Wildman–Crippen LogP) is 1.23. The average Bonchev–Trinajstić information content (AvgIpc) is 2.39. The van der Waals surface area contributed by atoms with Crippen LogP contribution >= 0.6 is 0 Å². The molecule has 0 radical (unpaired) electrons. The third-order valence-corrected chi connectivity index (χ3v) is 4.34. The third kappa shape index (κ3) is 3.40. The zero-order valence-electron chi connectivity index (χ0n) is 10.8. The lowest BCUT2D eigenvalue weighted by atomic mass is 10.1. The molecule has 0 spiro atoms. The van der Waals surface area contributed by atoms with Crippen molar-refractivity contribution in [2.75, 3.05) is 13.1 Å². The van der Waals surface area contributed by atoms with E-state index in [1.165, 1.54) is 6.07 Å². The van der Waals surface area contributed by atoms with E-state index in [9.17, 15) is 13.2 Å². The Morgan fingerprint density at radius 2 is 1.89 bits per heavy atom. The molecule has 104 valence electrons. The zero-order chi connectivity index (χ0) is 13.9. The number of hydrogen-bond acceptors (Lipinski definition) is 5. The van der Waals surface area contributed by atoms with E-state index in [0.29, 0.717) is 31.5 Å². The van der Waals surface area contributed by atoms with Crippen LogP contribution in [-0.2, 0) is 14.3 Å². The fourth-order valence-corrected chi connectivity index (χ4v) is 3.19. The summed E-state index contributed by atoms with van der Waals surface area (Å²) in [6, 6.07) is 6.60. The van der Waals surface area contributed by atoms with Crippen LogP contribution in [0, 0.1) is 6.92 Å². The first-order valence-electron chi connectivity index (χ1n) is 6.24. The minimum absolute atomic E-state index is 0.177. The van der Waals surface area contributed by atoms with Crippen molar-refractivity contribution in [2.24, 2.45) is 0 Å². The molecule has 0 aromatic heterocycles. The maximum atomic E-state index is 12.0. The Balaban J connectivity index is 2.15. The maximum Gasteiger partial charge on any atom is 0.336 e. The minimum Gasteiger partial charge on any atom is -0.317 e. The van der Waals surface area contributed by atoms with Crippen LogP contribution in [0.3, 0.4) is 0 Å². The van der Waals surface area contributed by atoms with Crippen LogP contribution in [0.5, 0.6) is 0 Å². The van der Waals surface area contributed by atoms with Crippen molar-refractivity contribution < 1.29 is 17.4 Å². The molecule has 6 heteroatoms. The van der Waals surface area contributed by atoms with Gasteiger partial charge in [0.2, 0.25) is 0 Å². The topological polar surface area (TPSA) is 72.5 Å². The fourth-order valence-electron chi connectivity index (χ4n) is 2.05. The van der Waals surface area contributed by atoms with E-state index in [2.05, 4.69) is 5.32 Å². The smallest absolute Gasteiger partial charge is 0.317 e. The molecule has 2 rings (SSSR count). The normalized spacial score (nSPS) is 17.3. The summed E-state index contributed by atoms with van der Waals surface area (Å²) >= 11 is 0. The monoisotopic (exact) mass is 283 g/mol. The Bertz CT molecular complexity index is 562. The lowest BCUT2D eigenvalue weighted by Gasteiger charge is -2.21. The summed E-state index contributed by atoms with van der Waals surface area (Å²) in [5.41, 5.74) is 0.807. The van der Waals surface area contributed by atoms with Crippen LogP contribution in [0.1, 0.15) is 28.8 Å². The van der Waals surface area contributed by atoms with Crippen LogP contribution in [0.4, 0.5) is 0 Å². The summed E-state index contributed by atoms with van der Waals surface area (Å²) in [5.74, 6) is 0. The quantitative estimate of drug-likeness (QED) is 0.845. The van der Waals surface area contributed by atoms with Crippen molar-refractivity contribution in [2.45, 2.75) is 25.9 Å². The SMILES string of the molecule is Cc1ccccc1C(=O)S(=O)(=O)OC1CCNCC1. The van der Waals surface area contributed by atoms with Gasteiger partial charge in [-0.1, -0.05) is 18.2 Å². The number of aryl methyl sites for hydroxylation is 1. The van der Waals surface area contributed by atoms with Gasteiger partial charge in [-0.25, -0.2) is 0 Å². The number of carbonyl (C=O) groups excluding carboxylic acids is 1. The van der Waals surface area contributed by atoms with Crippen molar-refractivity contribution in [1.29, 1.82) is 0 Å². The van der Waals surface area contributed by atoms with Gasteiger partial charge in [0.1, 0.15) is 0 Å². The van der Waals surface area contributed by atoms with Crippen LogP contribution in [-0.4, -0.2) is 32.7 Å². The molecular weight excluding hydrogens is 266 g/mol. The van der Waals surface area contributed by atoms with Crippen molar-refractivity contribution >= 4 is 15.2 Å². The zero-order valence-corrected chi connectivity index (χ0v) is 11.6. The predicted molar refractivity (Wildman–Crippen MR) is 71.4 cm³/mol. The molecule has 1 aliphatic rings. The van der Waals surface area contributed by atoms with E-state index in [1.807, 2.05) is 0 Å². The fraction of sp³-hybridized carbons (Fsp3) is 0.462.